The third-order valence-corrected chi connectivity index (χ3v) is 4.06. The number of hydrogen-bond donors (Lipinski definition) is 1. The smallest absolute Gasteiger partial charge is 0.137 e. The zero-order valence-electron chi connectivity index (χ0n) is 12.3. The molecule has 0 aromatic heterocycles. The molecule has 1 atom stereocenters. The van der Waals surface area contributed by atoms with Crippen LogP contribution in [0.3, 0.4) is 0 Å². The van der Waals surface area contributed by atoms with Gasteiger partial charge >= 0.3 is 0 Å². The molecule has 21 heavy (non-hydrogen) atoms. The van der Waals surface area contributed by atoms with Crippen molar-refractivity contribution in [2.24, 2.45) is 0 Å². The number of nitrogens with one attached hydrogen (secondary N) is 1. The maximum absolute atomic E-state index is 6.19. The Morgan fingerprint density at radius 3 is 2.67 bits per heavy atom. The molecule has 2 aromatic rings. The van der Waals surface area contributed by atoms with Crippen molar-refractivity contribution in [3.8, 4) is 11.5 Å². The molecule has 110 valence electrons. The van der Waals surface area contributed by atoms with E-state index >= 15 is 0 Å². The monoisotopic (exact) mass is 303 g/mol. The second-order valence-electron chi connectivity index (χ2n) is 5.67. The molecule has 4 heteroatoms. The minimum absolute atomic E-state index is 0.0677. The first kappa shape index (κ1) is 14.1. The van der Waals surface area contributed by atoms with E-state index in [0.717, 1.165) is 17.0 Å². The fourth-order valence-corrected chi connectivity index (χ4v) is 2.96. The van der Waals surface area contributed by atoms with Crippen LogP contribution in [0.1, 0.15) is 25.5 Å². The fourth-order valence-electron chi connectivity index (χ4n) is 2.70. The normalized spacial score (nSPS) is 18.8. The van der Waals surface area contributed by atoms with Gasteiger partial charge in [0, 0.05) is 11.3 Å². The molecule has 1 N–H and O–H groups in total. The molecule has 0 fully saturated rings. The van der Waals surface area contributed by atoms with Gasteiger partial charge in [-0.2, -0.15) is 0 Å². The molecule has 0 bridgehead atoms. The molecule has 1 unspecified atom stereocenters. The highest BCUT2D eigenvalue weighted by molar-refractivity contribution is 6.32. The first-order valence-electron chi connectivity index (χ1n) is 6.89. The van der Waals surface area contributed by atoms with Gasteiger partial charge in [0.15, 0.2) is 0 Å². The Kier molecular flexibility index (Phi) is 3.46. The van der Waals surface area contributed by atoms with Crippen molar-refractivity contribution >= 4 is 17.3 Å². The summed E-state index contributed by atoms with van der Waals surface area (Å²) < 4.78 is 11.2. The van der Waals surface area contributed by atoms with Crippen molar-refractivity contribution < 1.29 is 9.47 Å². The van der Waals surface area contributed by atoms with Gasteiger partial charge in [0.2, 0.25) is 0 Å². The molecule has 0 saturated heterocycles. The summed E-state index contributed by atoms with van der Waals surface area (Å²) in [5, 5.41) is 4.10. The van der Waals surface area contributed by atoms with Gasteiger partial charge in [0.25, 0.3) is 0 Å². The number of para-hydroxylation sites is 1. The van der Waals surface area contributed by atoms with Crippen LogP contribution in [-0.4, -0.2) is 12.7 Å². The minimum Gasteiger partial charge on any atom is -0.495 e. The van der Waals surface area contributed by atoms with Crippen molar-refractivity contribution in [3.63, 3.8) is 0 Å². The number of fused-ring (bicyclic) bond motifs is 1. The predicted molar refractivity (Wildman–Crippen MR) is 85.5 cm³/mol. The Bertz CT molecular complexity index is 670. The number of halogens is 1. The number of methoxy groups -OCH3 is 1. The molecular weight excluding hydrogens is 286 g/mol. The van der Waals surface area contributed by atoms with E-state index in [4.69, 9.17) is 21.1 Å². The van der Waals surface area contributed by atoms with E-state index in [1.165, 1.54) is 0 Å². The van der Waals surface area contributed by atoms with Crippen molar-refractivity contribution in [1.82, 2.24) is 0 Å². The summed E-state index contributed by atoms with van der Waals surface area (Å²) in [6, 6.07) is 13.9. The van der Waals surface area contributed by atoms with Gasteiger partial charge in [-0.05, 0) is 38.1 Å². The van der Waals surface area contributed by atoms with Crippen LogP contribution >= 0.6 is 11.6 Å². The van der Waals surface area contributed by atoms with Gasteiger partial charge in [-0.1, -0.05) is 29.8 Å². The first-order chi connectivity index (χ1) is 10.0. The summed E-state index contributed by atoms with van der Waals surface area (Å²) in [5.41, 5.74) is 1.78. The van der Waals surface area contributed by atoms with Crippen LogP contribution in [-0.2, 0) is 0 Å². The van der Waals surface area contributed by atoms with Crippen LogP contribution in [0.25, 0.3) is 0 Å². The van der Waals surface area contributed by atoms with Crippen LogP contribution in [0.15, 0.2) is 42.5 Å². The standard InChI is InChI=1S/C17H18ClNO2/c1-17(2)16(12-6-4-5-7-14(12)21-17)19-11-8-9-15(20-3)13(18)10-11/h4-10,16,19H,1-3H3. The maximum Gasteiger partial charge on any atom is 0.137 e. The van der Waals surface area contributed by atoms with Crippen LogP contribution in [0.2, 0.25) is 5.02 Å². The second-order valence-corrected chi connectivity index (χ2v) is 6.08. The predicted octanol–water partition coefficient (Wildman–Crippen LogP) is 4.67. The van der Waals surface area contributed by atoms with E-state index in [0.29, 0.717) is 10.8 Å². The van der Waals surface area contributed by atoms with Crippen LogP contribution < -0.4 is 14.8 Å². The summed E-state index contributed by atoms with van der Waals surface area (Å²) in [6.45, 7) is 4.16. The third kappa shape index (κ3) is 2.54. The Hall–Kier alpha value is -1.87. The van der Waals surface area contributed by atoms with Crippen LogP contribution in [0, 0.1) is 0 Å². The molecule has 1 heterocycles. The van der Waals surface area contributed by atoms with Gasteiger partial charge < -0.3 is 14.8 Å². The molecule has 0 aliphatic carbocycles. The summed E-state index contributed by atoms with van der Waals surface area (Å²) in [7, 11) is 1.61. The number of benzene rings is 2. The van der Waals surface area contributed by atoms with Gasteiger partial charge in [0.05, 0.1) is 18.2 Å². The minimum atomic E-state index is -0.323. The molecule has 0 spiro atoms. The highest BCUT2D eigenvalue weighted by Gasteiger charge is 2.40. The molecule has 0 amide bonds. The first-order valence-corrected chi connectivity index (χ1v) is 7.27. The van der Waals surface area contributed by atoms with Crippen LogP contribution in [0.5, 0.6) is 11.5 Å². The Balaban J connectivity index is 1.92. The van der Waals surface area contributed by atoms with Crippen molar-refractivity contribution in [3.05, 3.63) is 53.1 Å². The van der Waals surface area contributed by atoms with E-state index in [-0.39, 0.29) is 11.6 Å². The molecule has 1 aliphatic rings. The number of anilines is 1. The zero-order valence-corrected chi connectivity index (χ0v) is 13.1. The Labute approximate surface area is 129 Å². The van der Waals surface area contributed by atoms with Crippen molar-refractivity contribution in [2.75, 3.05) is 12.4 Å². The number of ether oxygens (including phenoxy) is 2. The number of rotatable bonds is 3. The third-order valence-electron chi connectivity index (χ3n) is 3.76. The molecule has 2 aromatic carbocycles. The highest BCUT2D eigenvalue weighted by Crippen LogP contribution is 2.44. The molecule has 3 nitrogen and oxygen atoms in total. The molecule has 1 aliphatic heterocycles. The Morgan fingerprint density at radius 2 is 1.95 bits per heavy atom. The molecule has 0 radical (unpaired) electrons. The summed E-state index contributed by atoms with van der Waals surface area (Å²) >= 11 is 6.19. The summed E-state index contributed by atoms with van der Waals surface area (Å²) in [5.74, 6) is 1.60. The van der Waals surface area contributed by atoms with Gasteiger partial charge in [-0.25, -0.2) is 0 Å². The fraction of sp³-hybridized carbons (Fsp3) is 0.294. The SMILES string of the molecule is COc1ccc(NC2c3ccccc3OC2(C)C)cc1Cl. The lowest BCUT2D eigenvalue weighted by Gasteiger charge is -2.28. The molecule has 3 rings (SSSR count). The quantitative estimate of drug-likeness (QED) is 0.893. The second kappa shape index (κ2) is 5.15. The van der Waals surface area contributed by atoms with E-state index < -0.39 is 0 Å². The topological polar surface area (TPSA) is 30.5 Å². The van der Waals surface area contributed by atoms with E-state index in [9.17, 15) is 0 Å². The maximum atomic E-state index is 6.19. The molecule has 0 saturated carbocycles. The summed E-state index contributed by atoms with van der Waals surface area (Å²) in [6.07, 6.45) is 0. The lowest BCUT2D eigenvalue weighted by atomic mass is 9.94. The average Bonchev–Trinajstić information content (AvgIpc) is 2.70. The average molecular weight is 304 g/mol. The lowest BCUT2D eigenvalue weighted by Crippen LogP contribution is -2.34. The Morgan fingerprint density at radius 1 is 1.19 bits per heavy atom. The van der Waals surface area contributed by atoms with Crippen LogP contribution in [0.4, 0.5) is 5.69 Å². The van der Waals surface area contributed by atoms with Crippen molar-refractivity contribution in [1.29, 1.82) is 0 Å². The van der Waals surface area contributed by atoms with E-state index in [1.807, 2.05) is 36.4 Å². The van der Waals surface area contributed by atoms with Gasteiger partial charge in [-0.3, -0.25) is 0 Å². The molecular formula is C17H18ClNO2. The largest absolute Gasteiger partial charge is 0.495 e. The van der Waals surface area contributed by atoms with Gasteiger partial charge in [0.1, 0.15) is 17.1 Å². The van der Waals surface area contributed by atoms with E-state index in [1.54, 1.807) is 7.11 Å². The zero-order chi connectivity index (χ0) is 15.0. The lowest BCUT2D eigenvalue weighted by molar-refractivity contribution is 0.118. The van der Waals surface area contributed by atoms with E-state index in [2.05, 4.69) is 25.2 Å². The summed E-state index contributed by atoms with van der Waals surface area (Å²) in [4.78, 5) is 0. The number of hydrogen-bond acceptors (Lipinski definition) is 3. The van der Waals surface area contributed by atoms with Gasteiger partial charge in [-0.15, -0.1) is 0 Å². The van der Waals surface area contributed by atoms with Crippen molar-refractivity contribution in [2.45, 2.75) is 25.5 Å². The highest BCUT2D eigenvalue weighted by atomic mass is 35.5.